The first kappa shape index (κ1) is 26.4. The second-order valence-electron chi connectivity index (χ2n) is 8.91. The molecule has 0 unspecified atom stereocenters. The molecule has 0 fully saturated rings. The monoisotopic (exact) mass is 520 g/mol. The maximum atomic E-state index is 13.2. The van der Waals surface area contributed by atoms with E-state index in [0.29, 0.717) is 22.6 Å². The first-order chi connectivity index (χ1) is 18.2. The molecule has 9 heteroatoms. The fraction of sp³-hybridized carbons (Fsp3) is 0.241. The second-order valence-corrected chi connectivity index (χ2v) is 8.91. The first-order valence-electron chi connectivity index (χ1n) is 11.9. The third-order valence-corrected chi connectivity index (χ3v) is 6.09. The summed E-state index contributed by atoms with van der Waals surface area (Å²) in [5.74, 6) is -3.08. The molecule has 0 saturated heterocycles. The number of aromatic hydroxyl groups is 3. The number of ether oxygens (including phenoxy) is 3. The fourth-order valence-corrected chi connectivity index (χ4v) is 4.33. The summed E-state index contributed by atoms with van der Waals surface area (Å²) in [5.41, 5.74) is 0.146. The molecule has 1 heterocycles. The molecular weight excluding hydrogens is 492 g/mol. The van der Waals surface area contributed by atoms with E-state index >= 15 is 0 Å². The van der Waals surface area contributed by atoms with Crippen molar-refractivity contribution in [1.82, 2.24) is 0 Å². The molecular formula is C29H28O9. The fourth-order valence-electron chi connectivity index (χ4n) is 4.33. The topological polar surface area (TPSA) is 136 Å². The Bertz CT molecular complexity index is 1540. The van der Waals surface area contributed by atoms with Gasteiger partial charge in [0.15, 0.2) is 28.4 Å². The lowest BCUT2D eigenvalue weighted by Crippen LogP contribution is -2.13. The highest BCUT2D eigenvalue weighted by atomic mass is 16.5. The van der Waals surface area contributed by atoms with Gasteiger partial charge in [-0.15, -0.1) is 0 Å². The Hall–Kier alpha value is -4.66. The number of phenols is 3. The Morgan fingerprint density at radius 3 is 2.26 bits per heavy atom. The molecule has 1 atom stereocenters. The van der Waals surface area contributed by atoms with E-state index in [1.54, 1.807) is 48.5 Å². The van der Waals surface area contributed by atoms with Crippen LogP contribution in [0.15, 0.2) is 63.8 Å². The van der Waals surface area contributed by atoms with Crippen LogP contribution < -0.4 is 14.9 Å². The highest BCUT2D eigenvalue weighted by Gasteiger charge is 2.31. The zero-order valence-electron chi connectivity index (χ0n) is 21.3. The zero-order valence-corrected chi connectivity index (χ0v) is 21.3. The number of benzene rings is 3. The van der Waals surface area contributed by atoms with Crippen molar-refractivity contribution in [2.24, 2.45) is 0 Å². The number of carbonyl (C=O) groups excluding carboxylic acids is 1. The van der Waals surface area contributed by atoms with Crippen LogP contribution in [-0.4, -0.2) is 41.6 Å². The number of methoxy groups -OCH3 is 2. The second kappa shape index (κ2) is 10.8. The molecule has 3 N–H and O–H groups in total. The molecule has 198 valence electrons. The summed E-state index contributed by atoms with van der Waals surface area (Å²) < 4.78 is 22.3. The van der Waals surface area contributed by atoms with Crippen molar-refractivity contribution in [3.05, 3.63) is 75.9 Å². The van der Waals surface area contributed by atoms with E-state index in [0.717, 1.165) is 0 Å². The Balaban J connectivity index is 2.05. The Morgan fingerprint density at radius 1 is 0.921 bits per heavy atom. The van der Waals surface area contributed by atoms with Crippen molar-refractivity contribution >= 4 is 16.9 Å². The van der Waals surface area contributed by atoms with Crippen molar-refractivity contribution in [3.8, 4) is 40.1 Å². The van der Waals surface area contributed by atoms with Crippen LogP contribution in [0, 0.1) is 0 Å². The standard InChI is InChI=1S/C29H28O9/c1-15(2)37-20-11-10-17(12-22(20)35-3)18(13-23(31)36-4)24-26(32)28(34)27(33)25-19(30)14-21(38-29(24)25)16-8-6-5-7-9-16/h5-12,14-15,18,32-34H,13H2,1-4H3/t18-/m0/s1. The normalized spacial score (nSPS) is 11.9. The van der Waals surface area contributed by atoms with Crippen molar-refractivity contribution in [2.75, 3.05) is 14.2 Å². The van der Waals surface area contributed by atoms with Gasteiger partial charge in [-0.3, -0.25) is 9.59 Å². The zero-order chi connectivity index (χ0) is 27.6. The van der Waals surface area contributed by atoms with Gasteiger partial charge in [0.25, 0.3) is 0 Å². The van der Waals surface area contributed by atoms with Crippen LogP contribution in [0.1, 0.15) is 37.3 Å². The van der Waals surface area contributed by atoms with Crippen molar-refractivity contribution < 1.29 is 38.7 Å². The minimum atomic E-state index is -0.979. The molecule has 9 nitrogen and oxygen atoms in total. The van der Waals surface area contributed by atoms with Crippen LogP contribution >= 0.6 is 0 Å². The third kappa shape index (κ3) is 4.95. The van der Waals surface area contributed by atoms with Gasteiger partial charge in [0.1, 0.15) is 16.7 Å². The van der Waals surface area contributed by atoms with Gasteiger partial charge in [-0.25, -0.2) is 0 Å². The van der Waals surface area contributed by atoms with Gasteiger partial charge in [-0.05, 0) is 31.5 Å². The molecule has 4 rings (SSSR count). The average molecular weight is 521 g/mol. The quantitative estimate of drug-likeness (QED) is 0.215. The van der Waals surface area contributed by atoms with Crippen molar-refractivity contribution in [1.29, 1.82) is 0 Å². The molecule has 0 amide bonds. The largest absolute Gasteiger partial charge is 0.504 e. The molecule has 3 aromatic carbocycles. The van der Waals surface area contributed by atoms with Gasteiger partial charge >= 0.3 is 5.97 Å². The van der Waals surface area contributed by atoms with E-state index in [1.165, 1.54) is 20.3 Å². The number of esters is 1. The van der Waals surface area contributed by atoms with E-state index in [-0.39, 0.29) is 34.8 Å². The average Bonchev–Trinajstić information content (AvgIpc) is 2.91. The lowest BCUT2D eigenvalue weighted by Gasteiger charge is -2.22. The predicted molar refractivity (Wildman–Crippen MR) is 140 cm³/mol. The Labute approximate surface area is 218 Å². The number of hydrogen-bond donors (Lipinski definition) is 3. The molecule has 0 aliphatic heterocycles. The molecule has 0 bridgehead atoms. The number of fused-ring (bicyclic) bond motifs is 1. The molecule has 4 aromatic rings. The maximum absolute atomic E-state index is 13.2. The van der Waals surface area contributed by atoms with Gasteiger partial charge in [-0.2, -0.15) is 0 Å². The predicted octanol–water partition coefficient (Wildman–Crippen LogP) is 5.07. The highest BCUT2D eigenvalue weighted by Crippen LogP contribution is 2.50. The van der Waals surface area contributed by atoms with Crippen LogP contribution in [0.4, 0.5) is 0 Å². The third-order valence-electron chi connectivity index (χ3n) is 6.09. The summed E-state index contributed by atoms with van der Waals surface area (Å²) in [6.07, 6.45) is -0.427. The van der Waals surface area contributed by atoms with E-state index in [2.05, 4.69) is 0 Å². The van der Waals surface area contributed by atoms with Gasteiger partial charge in [0.2, 0.25) is 5.75 Å². The van der Waals surface area contributed by atoms with E-state index in [9.17, 15) is 24.9 Å². The van der Waals surface area contributed by atoms with Gasteiger partial charge < -0.3 is 33.9 Å². The number of rotatable bonds is 8. The van der Waals surface area contributed by atoms with Gasteiger partial charge in [0, 0.05) is 23.1 Å². The summed E-state index contributed by atoms with van der Waals surface area (Å²) >= 11 is 0. The van der Waals surface area contributed by atoms with Gasteiger partial charge in [0.05, 0.1) is 26.7 Å². The molecule has 0 saturated carbocycles. The first-order valence-corrected chi connectivity index (χ1v) is 11.9. The molecule has 0 aliphatic rings. The van der Waals surface area contributed by atoms with Crippen molar-refractivity contribution in [2.45, 2.75) is 32.3 Å². The minimum Gasteiger partial charge on any atom is -0.504 e. The Morgan fingerprint density at radius 2 is 1.63 bits per heavy atom. The molecule has 0 aliphatic carbocycles. The molecule has 38 heavy (non-hydrogen) atoms. The highest BCUT2D eigenvalue weighted by molar-refractivity contribution is 5.93. The number of phenolic OH excluding ortho intramolecular Hbond substituents is 3. The summed E-state index contributed by atoms with van der Waals surface area (Å²) in [4.78, 5) is 25.7. The molecule has 1 aromatic heterocycles. The smallest absolute Gasteiger partial charge is 0.306 e. The van der Waals surface area contributed by atoms with Crippen LogP contribution in [-0.2, 0) is 9.53 Å². The molecule has 0 spiro atoms. The van der Waals surface area contributed by atoms with E-state index in [4.69, 9.17) is 18.6 Å². The minimum absolute atomic E-state index is 0.0739. The summed E-state index contributed by atoms with van der Waals surface area (Å²) in [7, 11) is 2.69. The van der Waals surface area contributed by atoms with Crippen LogP contribution in [0.25, 0.3) is 22.3 Å². The molecule has 0 radical (unpaired) electrons. The summed E-state index contributed by atoms with van der Waals surface area (Å²) in [6.45, 7) is 3.73. The lowest BCUT2D eigenvalue weighted by atomic mass is 9.86. The Kier molecular flexibility index (Phi) is 7.47. The van der Waals surface area contributed by atoms with Crippen LogP contribution in [0.3, 0.4) is 0 Å². The summed E-state index contributed by atoms with van der Waals surface area (Å²) in [6, 6.07) is 14.9. The van der Waals surface area contributed by atoms with Crippen molar-refractivity contribution in [3.63, 3.8) is 0 Å². The summed E-state index contributed by atoms with van der Waals surface area (Å²) in [5, 5.41) is 31.9. The maximum Gasteiger partial charge on any atom is 0.306 e. The lowest BCUT2D eigenvalue weighted by molar-refractivity contribution is -0.140. The van der Waals surface area contributed by atoms with Gasteiger partial charge in [-0.1, -0.05) is 36.4 Å². The van der Waals surface area contributed by atoms with Crippen LogP contribution in [0.2, 0.25) is 0 Å². The SMILES string of the molecule is COC(=O)C[C@@H](c1ccc(OC(C)C)c(OC)c1)c1c(O)c(O)c(O)c2c(=O)cc(-c3ccccc3)oc12. The number of hydrogen-bond acceptors (Lipinski definition) is 9. The van der Waals surface area contributed by atoms with E-state index in [1.807, 2.05) is 13.8 Å². The number of carbonyl (C=O) groups is 1. The van der Waals surface area contributed by atoms with Crippen LogP contribution in [0.5, 0.6) is 28.7 Å². The van der Waals surface area contributed by atoms with E-state index < -0.39 is 34.6 Å².